The maximum Gasteiger partial charge on any atom is 0.266 e. The summed E-state index contributed by atoms with van der Waals surface area (Å²) in [5.41, 5.74) is 0.398. The van der Waals surface area contributed by atoms with Crippen LogP contribution in [0.3, 0.4) is 0 Å². The maximum absolute atomic E-state index is 13.7. The number of hydrogen-bond donors (Lipinski definition) is 0. The standard InChI is InChI=1S/C15H14FNO2S2/c16-12-6-2-1-4-10(12)8-13-14(18)17(15(20)21-13)9-11-5-3-7-19-11/h1-2,4,6,8,11H,3,5,7,9H2/b13-8+. The number of halogens is 1. The molecular formula is C15H14FNO2S2. The lowest BCUT2D eigenvalue weighted by Crippen LogP contribution is -2.35. The summed E-state index contributed by atoms with van der Waals surface area (Å²) >= 11 is 6.47. The predicted octanol–water partition coefficient (Wildman–Crippen LogP) is 3.21. The van der Waals surface area contributed by atoms with Gasteiger partial charge in [-0.1, -0.05) is 42.2 Å². The van der Waals surface area contributed by atoms with Gasteiger partial charge >= 0.3 is 0 Å². The molecule has 1 atom stereocenters. The van der Waals surface area contributed by atoms with Crippen LogP contribution < -0.4 is 0 Å². The molecule has 3 nitrogen and oxygen atoms in total. The molecule has 1 aromatic carbocycles. The highest BCUT2D eigenvalue weighted by atomic mass is 32.2. The van der Waals surface area contributed by atoms with Gasteiger partial charge in [0.1, 0.15) is 10.1 Å². The van der Waals surface area contributed by atoms with Crippen LogP contribution in [0, 0.1) is 5.82 Å². The van der Waals surface area contributed by atoms with E-state index in [1.54, 1.807) is 29.2 Å². The van der Waals surface area contributed by atoms with E-state index in [1.165, 1.54) is 17.8 Å². The lowest BCUT2D eigenvalue weighted by Gasteiger charge is -2.18. The monoisotopic (exact) mass is 323 g/mol. The van der Waals surface area contributed by atoms with E-state index in [4.69, 9.17) is 17.0 Å². The Labute approximate surface area is 132 Å². The van der Waals surface area contributed by atoms with Gasteiger partial charge < -0.3 is 4.74 Å². The summed E-state index contributed by atoms with van der Waals surface area (Å²) in [6.45, 7) is 1.23. The molecule has 2 aliphatic rings. The first-order valence-corrected chi connectivity index (χ1v) is 7.99. The Kier molecular flexibility index (Phi) is 4.37. The van der Waals surface area contributed by atoms with Gasteiger partial charge in [-0.05, 0) is 25.0 Å². The second-order valence-corrected chi connectivity index (χ2v) is 6.62. The number of thiocarbonyl (C=S) groups is 1. The van der Waals surface area contributed by atoms with E-state index in [0.29, 0.717) is 21.3 Å². The molecule has 110 valence electrons. The van der Waals surface area contributed by atoms with Crippen LogP contribution in [-0.4, -0.2) is 34.4 Å². The minimum atomic E-state index is -0.345. The molecule has 6 heteroatoms. The van der Waals surface area contributed by atoms with Crippen molar-refractivity contribution in [1.82, 2.24) is 4.90 Å². The normalized spacial score (nSPS) is 24.3. The van der Waals surface area contributed by atoms with E-state index in [-0.39, 0.29) is 17.8 Å². The number of rotatable bonds is 3. The summed E-state index contributed by atoms with van der Waals surface area (Å²) in [4.78, 5) is 14.4. The molecule has 0 aromatic heterocycles. The van der Waals surface area contributed by atoms with E-state index < -0.39 is 0 Å². The molecule has 21 heavy (non-hydrogen) atoms. The van der Waals surface area contributed by atoms with E-state index in [1.807, 2.05) is 0 Å². The van der Waals surface area contributed by atoms with Crippen LogP contribution in [0.25, 0.3) is 6.08 Å². The van der Waals surface area contributed by atoms with Crippen molar-refractivity contribution in [2.24, 2.45) is 0 Å². The molecule has 2 fully saturated rings. The van der Waals surface area contributed by atoms with Crippen molar-refractivity contribution >= 4 is 40.3 Å². The van der Waals surface area contributed by atoms with E-state index in [2.05, 4.69) is 0 Å². The summed E-state index contributed by atoms with van der Waals surface area (Å²) in [5.74, 6) is -0.509. The summed E-state index contributed by atoms with van der Waals surface area (Å²) in [5, 5.41) is 0. The van der Waals surface area contributed by atoms with Crippen molar-refractivity contribution < 1.29 is 13.9 Å². The Hall–Kier alpha value is -1.24. The molecule has 2 saturated heterocycles. The molecule has 0 bridgehead atoms. The average Bonchev–Trinajstić information content (AvgIpc) is 3.06. The fourth-order valence-electron chi connectivity index (χ4n) is 2.38. The van der Waals surface area contributed by atoms with Crippen molar-refractivity contribution in [3.8, 4) is 0 Å². The average molecular weight is 323 g/mol. The van der Waals surface area contributed by atoms with Gasteiger partial charge in [0.25, 0.3) is 5.91 Å². The van der Waals surface area contributed by atoms with E-state index >= 15 is 0 Å². The smallest absolute Gasteiger partial charge is 0.266 e. The Morgan fingerprint density at radius 1 is 1.48 bits per heavy atom. The van der Waals surface area contributed by atoms with Crippen molar-refractivity contribution in [2.75, 3.05) is 13.2 Å². The molecule has 2 aliphatic heterocycles. The Morgan fingerprint density at radius 2 is 2.29 bits per heavy atom. The van der Waals surface area contributed by atoms with Crippen LogP contribution in [0.1, 0.15) is 18.4 Å². The number of ether oxygens (including phenoxy) is 1. The van der Waals surface area contributed by atoms with E-state index in [0.717, 1.165) is 19.4 Å². The zero-order chi connectivity index (χ0) is 14.8. The SMILES string of the molecule is O=C1/C(=C\c2ccccc2F)SC(=S)N1CC1CCCO1. The second-order valence-electron chi connectivity index (χ2n) is 4.95. The molecule has 2 heterocycles. The minimum Gasteiger partial charge on any atom is -0.376 e. The van der Waals surface area contributed by atoms with Gasteiger partial charge in [-0.2, -0.15) is 0 Å². The summed E-state index contributed by atoms with van der Waals surface area (Å²) in [6.07, 6.45) is 3.58. The number of hydrogen-bond acceptors (Lipinski definition) is 4. The molecule has 1 aromatic rings. The fourth-order valence-corrected chi connectivity index (χ4v) is 3.65. The van der Waals surface area contributed by atoms with Gasteiger partial charge in [-0.25, -0.2) is 4.39 Å². The molecule has 0 aliphatic carbocycles. The number of amides is 1. The molecule has 1 unspecified atom stereocenters. The summed E-state index contributed by atoms with van der Waals surface area (Å²) in [7, 11) is 0. The first-order valence-electron chi connectivity index (χ1n) is 6.76. The van der Waals surface area contributed by atoms with Crippen LogP contribution in [0.4, 0.5) is 4.39 Å². The number of carbonyl (C=O) groups is 1. The van der Waals surface area contributed by atoms with Crippen molar-refractivity contribution in [1.29, 1.82) is 0 Å². The summed E-state index contributed by atoms with van der Waals surface area (Å²) in [6, 6.07) is 6.37. The molecule has 0 N–H and O–H groups in total. The molecule has 0 radical (unpaired) electrons. The third-order valence-corrected chi connectivity index (χ3v) is 4.85. The van der Waals surface area contributed by atoms with Gasteiger partial charge in [0.15, 0.2) is 0 Å². The third-order valence-electron chi connectivity index (χ3n) is 3.48. The molecule has 3 rings (SSSR count). The zero-order valence-electron chi connectivity index (χ0n) is 11.3. The van der Waals surface area contributed by atoms with Gasteiger partial charge in [-0.3, -0.25) is 9.69 Å². The number of thioether (sulfide) groups is 1. The number of carbonyl (C=O) groups excluding carboxylic acids is 1. The van der Waals surface area contributed by atoms with Gasteiger partial charge in [0.2, 0.25) is 0 Å². The van der Waals surface area contributed by atoms with Crippen LogP contribution >= 0.6 is 24.0 Å². The van der Waals surface area contributed by atoms with Crippen LogP contribution in [0.2, 0.25) is 0 Å². The molecule has 0 saturated carbocycles. The van der Waals surface area contributed by atoms with Crippen molar-refractivity contribution in [3.63, 3.8) is 0 Å². The lowest BCUT2D eigenvalue weighted by molar-refractivity contribution is -0.123. The predicted molar refractivity (Wildman–Crippen MR) is 85.3 cm³/mol. The van der Waals surface area contributed by atoms with Crippen molar-refractivity contribution in [2.45, 2.75) is 18.9 Å². The van der Waals surface area contributed by atoms with Gasteiger partial charge in [0.05, 0.1) is 17.6 Å². The highest BCUT2D eigenvalue weighted by Crippen LogP contribution is 2.33. The third kappa shape index (κ3) is 3.17. The minimum absolute atomic E-state index is 0.0558. The Balaban J connectivity index is 1.78. The second kappa shape index (κ2) is 6.25. The zero-order valence-corrected chi connectivity index (χ0v) is 12.9. The molecular weight excluding hydrogens is 309 g/mol. The van der Waals surface area contributed by atoms with E-state index in [9.17, 15) is 9.18 Å². The quantitative estimate of drug-likeness (QED) is 0.631. The Morgan fingerprint density at radius 3 is 3.00 bits per heavy atom. The lowest BCUT2D eigenvalue weighted by atomic mass is 10.2. The van der Waals surface area contributed by atoms with Crippen LogP contribution in [-0.2, 0) is 9.53 Å². The van der Waals surface area contributed by atoms with Crippen LogP contribution in [0.5, 0.6) is 0 Å². The maximum atomic E-state index is 13.7. The Bertz CT molecular complexity index is 611. The molecule has 0 spiro atoms. The highest BCUT2D eigenvalue weighted by Gasteiger charge is 2.34. The molecule has 1 amide bonds. The number of benzene rings is 1. The fraction of sp³-hybridized carbons (Fsp3) is 0.333. The van der Waals surface area contributed by atoms with Crippen molar-refractivity contribution in [3.05, 3.63) is 40.6 Å². The highest BCUT2D eigenvalue weighted by molar-refractivity contribution is 8.26. The summed E-state index contributed by atoms with van der Waals surface area (Å²) < 4.78 is 19.7. The van der Waals surface area contributed by atoms with Gasteiger partial charge in [0, 0.05) is 12.2 Å². The topological polar surface area (TPSA) is 29.5 Å². The first kappa shape index (κ1) is 14.7. The van der Waals surface area contributed by atoms with Gasteiger partial charge in [-0.15, -0.1) is 0 Å². The van der Waals surface area contributed by atoms with Crippen LogP contribution in [0.15, 0.2) is 29.2 Å². The number of nitrogens with zero attached hydrogens (tertiary/aromatic N) is 1. The largest absolute Gasteiger partial charge is 0.376 e. The first-order chi connectivity index (χ1) is 10.1.